The van der Waals surface area contributed by atoms with Crippen molar-refractivity contribution in [3.63, 3.8) is 0 Å². The topological polar surface area (TPSA) is 108 Å². The van der Waals surface area contributed by atoms with Crippen LogP contribution in [0.15, 0.2) is 58.6 Å². The lowest BCUT2D eigenvalue weighted by Gasteiger charge is -2.33. The number of rotatable bonds is 7. The molecule has 2 aliphatic rings. The van der Waals surface area contributed by atoms with Gasteiger partial charge in [-0.2, -0.15) is 0 Å². The quantitative estimate of drug-likeness (QED) is 0.444. The van der Waals surface area contributed by atoms with Crippen molar-refractivity contribution in [2.45, 2.75) is 58.5 Å². The third-order valence-corrected chi connectivity index (χ3v) is 7.20. The van der Waals surface area contributed by atoms with E-state index in [1.165, 1.54) is 0 Å². The fourth-order valence-electron chi connectivity index (χ4n) is 4.91. The van der Waals surface area contributed by atoms with Gasteiger partial charge >= 0.3 is 11.8 Å². The molecule has 2 amide bonds. The Morgan fingerprint density at radius 3 is 2.70 bits per heavy atom. The second kappa shape index (κ2) is 11.7. The van der Waals surface area contributed by atoms with Gasteiger partial charge in [0.25, 0.3) is 0 Å². The average Bonchev–Trinajstić information content (AvgIpc) is 3.34. The summed E-state index contributed by atoms with van der Waals surface area (Å²) in [4.78, 5) is 39.3. The van der Waals surface area contributed by atoms with Crippen molar-refractivity contribution < 1.29 is 9.59 Å². The van der Waals surface area contributed by atoms with Gasteiger partial charge in [-0.15, -0.1) is 0 Å². The SMILES string of the molecule is CC(C)CN(C(=O)C(=O)Nc1ccn2ccnc2c1)[C@H](C)C1=CC(N)=C(C=NC2CCN(C)CC2)CC1. The molecule has 4 rings (SSSR count). The van der Waals surface area contributed by atoms with Gasteiger partial charge in [0.05, 0.1) is 12.1 Å². The second-order valence-electron chi connectivity index (χ2n) is 10.6. The van der Waals surface area contributed by atoms with E-state index in [2.05, 4.69) is 22.2 Å². The van der Waals surface area contributed by atoms with Crippen molar-refractivity contribution in [2.75, 3.05) is 32.0 Å². The Labute approximate surface area is 219 Å². The van der Waals surface area contributed by atoms with Crippen LogP contribution in [0, 0.1) is 5.92 Å². The molecule has 0 saturated carbocycles. The molecule has 3 heterocycles. The molecule has 3 N–H and O–H groups in total. The highest BCUT2D eigenvalue weighted by molar-refractivity contribution is 6.39. The Balaban J connectivity index is 1.45. The Kier molecular flexibility index (Phi) is 8.43. The van der Waals surface area contributed by atoms with Crippen LogP contribution in [-0.4, -0.2) is 76.0 Å². The molecule has 0 radical (unpaired) electrons. The Hall–Kier alpha value is -3.46. The Bertz CT molecular complexity index is 1220. The number of piperidine rings is 1. The molecule has 2 aromatic heterocycles. The molecule has 9 nitrogen and oxygen atoms in total. The summed E-state index contributed by atoms with van der Waals surface area (Å²) < 4.78 is 1.84. The summed E-state index contributed by atoms with van der Waals surface area (Å²) >= 11 is 0. The number of likely N-dealkylation sites (tertiary alicyclic amines) is 1. The third-order valence-electron chi connectivity index (χ3n) is 7.20. The predicted octanol–water partition coefficient (Wildman–Crippen LogP) is 3.24. The van der Waals surface area contributed by atoms with Crippen molar-refractivity contribution >= 4 is 29.4 Å². The van der Waals surface area contributed by atoms with Crippen molar-refractivity contribution in [1.29, 1.82) is 0 Å². The molecule has 37 heavy (non-hydrogen) atoms. The largest absolute Gasteiger partial charge is 0.398 e. The number of aliphatic imine (C=N–C) groups is 1. The van der Waals surface area contributed by atoms with Gasteiger partial charge in [0.1, 0.15) is 5.65 Å². The standard InChI is InChI=1S/C28H39N7O2/c1-19(2)18-35(28(37)27(36)32-24-9-13-34-14-10-30-26(34)16-24)20(3)21-5-6-22(25(29)15-21)17-31-23-7-11-33(4)12-8-23/h9-10,13-17,19-20,23H,5-8,11-12,18,29H2,1-4H3,(H,32,36)/t20-/m1/s1. The minimum Gasteiger partial charge on any atom is -0.398 e. The minimum absolute atomic E-state index is 0.204. The number of nitrogens with two attached hydrogens (primary N) is 1. The maximum Gasteiger partial charge on any atom is 0.313 e. The maximum atomic E-state index is 13.3. The molecular formula is C28H39N7O2. The molecule has 0 aromatic carbocycles. The van der Waals surface area contributed by atoms with E-state index >= 15 is 0 Å². The van der Waals surface area contributed by atoms with Crippen molar-refractivity contribution in [2.24, 2.45) is 16.6 Å². The minimum atomic E-state index is -0.658. The molecule has 0 bridgehead atoms. The fraction of sp³-hybridized carbons (Fsp3) is 0.500. The molecule has 1 saturated heterocycles. The van der Waals surface area contributed by atoms with Crippen molar-refractivity contribution in [3.05, 3.63) is 53.6 Å². The van der Waals surface area contributed by atoms with Gasteiger partial charge in [0, 0.05) is 48.8 Å². The van der Waals surface area contributed by atoms with Gasteiger partial charge in [0.2, 0.25) is 0 Å². The van der Waals surface area contributed by atoms with Crippen LogP contribution in [0.5, 0.6) is 0 Å². The molecule has 1 fully saturated rings. The van der Waals surface area contributed by atoms with Crippen LogP contribution in [0.1, 0.15) is 46.5 Å². The number of aromatic nitrogens is 2. The highest BCUT2D eigenvalue weighted by atomic mass is 16.2. The molecule has 0 spiro atoms. The van der Waals surface area contributed by atoms with Crippen LogP contribution >= 0.6 is 0 Å². The number of nitrogens with one attached hydrogen (secondary N) is 1. The number of carbonyl (C=O) groups excluding carboxylic acids is 2. The van der Waals surface area contributed by atoms with Gasteiger partial charge < -0.3 is 25.3 Å². The van der Waals surface area contributed by atoms with E-state index in [1.54, 1.807) is 29.4 Å². The number of amides is 2. The number of anilines is 1. The zero-order chi connectivity index (χ0) is 26.5. The summed E-state index contributed by atoms with van der Waals surface area (Å²) in [6.45, 7) is 8.67. The van der Waals surface area contributed by atoms with Crippen LogP contribution < -0.4 is 11.1 Å². The number of fused-ring (bicyclic) bond motifs is 1. The summed E-state index contributed by atoms with van der Waals surface area (Å²) in [5, 5.41) is 2.74. The monoisotopic (exact) mass is 505 g/mol. The smallest absolute Gasteiger partial charge is 0.313 e. The first kappa shape index (κ1) is 26.6. The van der Waals surface area contributed by atoms with Gasteiger partial charge in [-0.1, -0.05) is 13.8 Å². The van der Waals surface area contributed by atoms with E-state index in [4.69, 9.17) is 10.7 Å². The molecule has 198 valence electrons. The number of imidazole rings is 1. The zero-order valence-corrected chi connectivity index (χ0v) is 22.4. The lowest BCUT2D eigenvalue weighted by atomic mass is 9.91. The van der Waals surface area contributed by atoms with Crippen LogP contribution in [0.4, 0.5) is 5.69 Å². The molecule has 2 aromatic rings. The van der Waals surface area contributed by atoms with E-state index in [9.17, 15) is 9.59 Å². The van der Waals surface area contributed by atoms with E-state index in [0.717, 1.165) is 49.9 Å². The molecule has 1 aliphatic heterocycles. The van der Waals surface area contributed by atoms with Gasteiger partial charge in [-0.3, -0.25) is 14.6 Å². The van der Waals surface area contributed by atoms with Crippen LogP contribution in [0.2, 0.25) is 0 Å². The second-order valence-corrected chi connectivity index (χ2v) is 10.6. The lowest BCUT2D eigenvalue weighted by Crippen LogP contribution is -2.47. The van der Waals surface area contributed by atoms with Crippen LogP contribution in [0.25, 0.3) is 5.65 Å². The summed E-state index contributed by atoms with van der Waals surface area (Å²) in [6, 6.07) is 3.60. The van der Waals surface area contributed by atoms with Gasteiger partial charge in [0.15, 0.2) is 0 Å². The summed E-state index contributed by atoms with van der Waals surface area (Å²) in [5.74, 6) is -1.01. The highest BCUT2D eigenvalue weighted by Gasteiger charge is 2.30. The van der Waals surface area contributed by atoms with Gasteiger partial charge in [-0.25, -0.2) is 4.98 Å². The fourth-order valence-corrected chi connectivity index (χ4v) is 4.91. The number of allylic oxidation sites excluding steroid dienone is 2. The van der Waals surface area contributed by atoms with E-state index in [0.29, 0.717) is 29.6 Å². The van der Waals surface area contributed by atoms with Crippen LogP contribution in [-0.2, 0) is 9.59 Å². The summed E-state index contributed by atoms with van der Waals surface area (Å²) in [5.41, 5.74) is 10.5. The number of pyridine rings is 1. The Morgan fingerprint density at radius 2 is 2.00 bits per heavy atom. The number of nitrogens with zero attached hydrogens (tertiary/aromatic N) is 5. The molecule has 9 heteroatoms. The first-order chi connectivity index (χ1) is 17.7. The summed E-state index contributed by atoms with van der Waals surface area (Å²) in [6.07, 6.45) is 12.9. The van der Waals surface area contributed by atoms with E-state index in [1.807, 2.05) is 43.7 Å². The predicted molar refractivity (Wildman–Crippen MR) is 147 cm³/mol. The van der Waals surface area contributed by atoms with Gasteiger partial charge in [-0.05, 0) is 82.0 Å². The van der Waals surface area contributed by atoms with E-state index < -0.39 is 11.8 Å². The number of carbonyl (C=O) groups is 2. The molecule has 0 unspecified atom stereocenters. The third kappa shape index (κ3) is 6.65. The summed E-state index contributed by atoms with van der Waals surface area (Å²) in [7, 11) is 2.14. The normalized spacial score (nSPS) is 18.5. The zero-order valence-electron chi connectivity index (χ0n) is 22.4. The Morgan fingerprint density at radius 1 is 1.24 bits per heavy atom. The molecule has 1 aliphatic carbocycles. The van der Waals surface area contributed by atoms with Crippen LogP contribution in [0.3, 0.4) is 0 Å². The first-order valence-electron chi connectivity index (χ1n) is 13.2. The first-order valence-corrected chi connectivity index (χ1v) is 13.2. The average molecular weight is 506 g/mol. The number of hydrogen-bond donors (Lipinski definition) is 2. The lowest BCUT2D eigenvalue weighted by molar-refractivity contribution is -0.144. The maximum absolute atomic E-state index is 13.3. The van der Waals surface area contributed by atoms with E-state index in [-0.39, 0.29) is 12.0 Å². The number of hydrogen-bond acceptors (Lipinski definition) is 6. The highest BCUT2D eigenvalue weighted by Crippen LogP contribution is 2.27. The van der Waals surface area contributed by atoms with Crippen molar-refractivity contribution in [1.82, 2.24) is 19.2 Å². The van der Waals surface area contributed by atoms with Crippen molar-refractivity contribution in [3.8, 4) is 0 Å². The molecular weight excluding hydrogens is 466 g/mol. The molecule has 1 atom stereocenters.